The van der Waals surface area contributed by atoms with Crippen molar-refractivity contribution in [3.05, 3.63) is 59.5 Å². The Balaban J connectivity index is 1.74. The second-order valence-electron chi connectivity index (χ2n) is 5.44. The number of benzene rings is 1. The van der Waals surface area contributed by atoms with Gasteiger partial charge in [-0.15, -0.1) is 0 Å². The van der Waals surface area contributed by atoms with Crippen LogP contribution in [0.4, 0.5) is 0 Å². The van der Waals surface area contributed by atoms with E-state index in [0.29, 0.717) is 6.54 Å². The molecule has 0 bridgehead atoms. The Kier molecular flexibility index (Phi) is 3.96. The number of carboxylic acids is 1. The summed E-state index contributed by atoms with van der Waals surface area (Å²) in [4.78, 5) is 25.4. The van der Waals surface area contributed by atoms with E-state index in [9.17, 15) is 9.59 Å². The molecule has 0 spiro atoms. The number of aromatic carboxylic acids is 1. The van der Waals surface area contributed by atoms with Gasteiger partial charge in [-0.2, -0.15) is 0 Å². The maximum absolute atomic E-state index is 12.5. The highest BCUT2D eigenvalue weighted by molar-refractivity contribution is 5.88. The van der Waals surface area contributed by atoms with Crippen LogP contribution in [0.5, 0.6) is 0 Å². The molecule has 1 fully saturated rings. The van der Waals surface area contributed by atoms with Gasteiger partial charge in [0.25, 0.3) is 0 Å². The lowest BCUT2D eigenvalue weighted by atomic mass is 10.1. The Bertz CT molecular complexity index is 678. The minimum absolute atomic E-state index is 0.00133. The number of furan rings is 1. The molecule has 0 radical (unpaired) electrons. The Labute approximate surface area is 128 Å². The van der Waals surface area contributed by atoms with Gasteiger partial charge in [-0.1, -0.05) is 12.1 Å². The zero-order valence-corrected chi connectivity index (χ0v) is 12.1. The number of carbonyl (C=O) groups excluding carboxylic acids is 1. The van der Waals surface area contributed by atoms with Gasteiger partial charge in [-0.05, 0) is 42.7 Å². The number of amides is 1. The first-order chi connectivity index (χ1) is 10.6. The molecule has 1 amide bonds. The highest BCUT2D eigenvalue weighted by atomic mass is 16.4. The fourth-order valence-corrected chi connectivity index (χ4v) is 2.93. The molecule has 2 aromatic rings. The lowest BCUT2D eigenvalue weighted by Crippen LogP contribution is -2.31. The number of carbonyl (C=O) groups is 2. The summed E-state index contributed by atoms with van der Waals surface area (Å²) in [6.07, 6.45) is 3.67. The molecule has 1 aliphatic rings. The normalized spacial score (nSPS) is 17.6. The molecule has 1 saturated heterocycles. The third-order valence-corrected chi connectivity index (χ3v) is 3.97. The average Bonchev–Trinajstić information content (AvgIpc) is 3.18. The Morgan fingerprint density at radius 3 is 2.86 bits per heavy atom. The van der Waals surface area contributed by atoms with E-state index in [2.05, 4.69) is 0 Å². The van der Waals surface area contributed by atoms with Crippen LogP contribution in [-0.2, 0) is 11.2 Å². The topological polar surface area (TPSA) is 70.8 Å². The van der Waals surface area contributed by atoms with E-state index in [0.717, 1.165) is 24.2 Å². The Morgan fingerprint density at radius 1 is 1.27 bits per heavy atom. The number of nitrogens with zero attached hydrogens (tertiary/aromatic N) is 1. The van der Waals surface area contributed by atoms with Gasteiger partial charge in [0.05, 0.1) is 24.3 Å². The average molecular weight is 299 g/mol. The number of hydrogen-bond acceptors (Lipinski definition) is 3. The van der Waals surface area contributed by atoms with Gasteiger partial charge in [0.15, 0.2) is 0 Å². The second kappa shape index (κ2) is 6.05. The molecular weight excluding hydrogens is 282 g/mol. The van der Waals surface area contributed by atoms with E-state index in [1.54, 1.807) is 24.5 Å². The van der Waals surface area contributed by atoms with Crippen molar-refractivity contribution in [1.82, 2.24) is 4.90 Å². The first-order valence-electron chi connectivity index (χ1n) is 7.30. The van der Waals surface area contributed by atoms with Crippen molar-refractivity contribution in [1.29, 1.82) is 0 Å². The summed E-state index contributed by atoms with van der Waals surface area (Å²) < 4.78 is 5.43. The minimum atomic E-state index is -0.982. The molecule has 0 saturated carbocycles. The van der Waals surface area contributed by atoms with Gasteiger partial charge in [0, 0.05) is 6.54 Å². The zero-order valence-electron chi connectivity index (χ0n) is 12.1. The van der Waals surface area contributed by atoms with Gasteiger partial charge in [-0.3, -0.25) is 4.79 Å². The SMILES string of the molecule is O=C(O)c1cccc(CC(=O)N2CCC[C@H]2c2ccco2)c1. The maximum Gasteiger partial charge on any atom is 0.335 e. The van der Waals surface area contributed by atoms with Crippen molar-refractivity contribution in [2.75, 3.05) is 6.54 Å². The van der Waals surface area contributed by atoms with E-state index < -0.39 is 5.97 Å². The monoisotopic (exact) mass is 299 g/mol. The van der Waals surface area contributed by atoms with Gasteiger partial charge >= 0.3 is 5.97 Å². The van der Waals surface area contributed by atoms with E-state index in [-0.39, 0.29) is 23.9 Å². The first kappa shape index (κ1) is 14.4. The van der Waals surface area contributed by atoms with Crippen LogP contribution >= 0.6 is 0 Å². The molecule has 1 aromatic carbocycles. The molecule has 1 aliphatic heterocycles. The molecular formula is C17H17NO4. The predicted molar refractivity (Wildman–Crippen MR) is 79.5 cm³/mol. The third-order valence-electron chi connectivity index (χ3n) is 3.97. The summed E-state index contributed by atoms with van der Waals surface area (Å²) in [5.41, 5.74) is 0.921. The number of carboxylic acid groups (broad SMARTS) is 1. The van der Waals surface area contributed by atoms with Crippen LogP contribution in [0.2, 0.25) is 0 Å². The van der Waals surface area contributed by atoms with Crippen LogP contribution in [0.3, 0.4) is 0 Å². The number of likely N-dealkylation sites (tertiary alicyclic amines) is 1. The summed E-state index contributed by atoms with van der Waals surface area (Å²) in [5.74, 6) is -0.171. The van der Waals surface area contributed by atoms with Crippen LogP contribution in [0.25, 0.3) is 0 Å². The molecule has 1 aromatic heterocycles. The molecule has 1 atom stereocenters. The van der Waals surface area contributed by atoms with E-state index >= 15 is 0 Å². The Hall–Kier alpha value is -2.56. The van der Waals surface area contributed by atoms with E-state index in [1.807, 2.05) is 17.0 Å². The van der Waals surface area contributed by atoms with Crippen molar-refractivity contribution in [2.24, 2.45) is 0 Å². The quantitative estimate of drug-likeness (QED) is 0.942. The fourth-order valence-electron chi connectivity index (χ4n) is 2.93. The van der Waals surface area contributed by atoms with Crippen molar-refractivity contribution in [2.45, 2.75) is 25.3 Å². The van der Waals surface area contributed by atoms with Gasteiger partial charge in [-0.25, -0.2) is 4.79 Å². The van der Waals surface area contributed by atoms with E-state index in [1.165, 1.54) is 6.07 Å². The molecule has 0 unspecified atom stereocenters. The highest BCUT2D eigenvalue weighted by Gasteiger charge is 2.31. The minimum Gasteiger partial charge on any atom is -0.478 e. The van der Waals surface area contributed by atoms with Crippen molar-refractivity contribution in [3.8, 4) is 0 Å². The van der Waals surface area contributed by atoms with Gasteiger partial charge < -0.3 is 14.4 Å². The van der Waals surface area contributed by atoms with Gasteiger partial charge in [0.1, 0.15) is 5.76 Å². The van der Waals surface area contributed by atoms with Crippen LogP contribution in [-0.4, -0.2) is 28.4 Å². The fraction of sp³-hybridized carbons (Fsp3) is 0.294. The molecule has 22 heavy (non-hydrogen) atoms. The van der Waals surface area contributed by atoms with Gasteiger partial charge in [0.2, 0.25) is 5.91 Å². The predicted octanol–water partition coefficient (Wildman–Crippen LogP) is 2.88. The van der Waals surface area contributed by atoms with Crippen molar-refractivity contribution >= 4 is 11.9 Å². The molecule has 5 heteroatoms. The summed E-state index contributed by atoms with van der Waals surface area (Å²) in [6.45, 7) is 0.711. The second-order valence-corrected chi connectivity index (χ2v) is 5.44. The number of rotatable bonds is 4. The number of hydrogen-bond donors (Lipinski definition) is 1. The summed E-state index contributed by atoms with van der Waals surface area (Å²) in [5, 5.41) is 9.01. The summed E-state index contributed by atoms with van der Waals surface area (Å²) >= 11 is 0. The maximum atomic E-state index is 12.5. The smallest absolute Gasteiger partial charge is 0.335 e. The van der Waals surface area contributed by atoms with Crippen LogP contribution < -0.4 is 0 Å². The third kappa shape index (κ3) is 2.88. The van der Waals surface area contributed by atoms with Crippen molar-refractivity contribution < 1.29 is 19.1 Å². The molecule has 0 aliphatic carbocycles. The Morgan fingerprint density at radius 2 is 2.14 bits per heavy atom. The van der Waals surface area contributed by atoms with Crippen molar-refractivity contribution in [3.63, 3.8) is 0 Å². The standard InChI is InChI=1S/C17H17NO4/c19-16(11-12-4-1-5-13(10-12)17(20)21)18-8-2-6-14(18)15-7-3-9-22-15/h1,3-5,7,9-10,14H,2,6,8,11H2,(H,20,21)/t14-/m0/s1. The lowest BCUT2D eigenvalue weighted by Gasteiger charge is -2.23. The molecule has 3 rings (SSSR count). The molecule has 114 valence electrons. The molecule has 5 nitrogen and oxygen atoms in total. The zero-order chi connectivity index (χ0) is 15.5. The summed E-state index contributed by atoms with van der Waals surface area (Å²) in [7, 11) is 0. The van der Waals surface area contributed by atoms with E-state index in [4.69, 9.17) is 9.52 Å². The van der Waals surface area contributed by atoms with Crippen LogP contribution in [0.15, 0.2) is 47.1 Å². The lowest BCUT2D eigenvalue weighted by molar-refractivity contribution is -0.131. The molecule has 1 N–H and O–H groups in total. The van der Waals surface area contributed by atoms with Crippen LogP contribution in [0, 0.1) is 0 Å². The van der Waals surface area contributed by atoms with Crippen LogP contribution in [0.1, 0.15) is 40.6 Å². The summed E-state index contributed by atoms with van der Waals surface area (Å²) in [6, 6.07) is 10.2. The highest BCUT2D eigenvalue weighted by Crippen LogP contribution is 2.32. The first-order valence-corrected chi connectivity index (χ1v) is 7.30. The molecule has 2 heterocycles. The largest absolute Gasteiger partial charge is 0.478 e.